The molecule has 2 amide bonds. The van der Waals surface area contributed by atoms with Crippen LogP contribution in [-0.4, -0.2) is 37.6 Å². The van der Waals surface area contributed by atoms with Gasteiger partial charge in [-0.05, 0) is 35.2 Å². The number of carbonyl (C=O) groups is 2. The number of thiophene rings is 1. The number of aromatic amines is 1. The predicted molar refractivity (Wildman–Crippen MR) is 133 cm³/mol. The highest BCUT2D eigenvalue weighted by Gasteiger charge is 2.24. The first-order valence-corrected chi connectivity index (χ1v) is 11.6. The van der Waals surface area contributed by atoms with Crippen molar-refractivity contribution in [2.75, 3.05) is 5.32 Å². The molecule has 2 aromatic carbocycles. The third kappa shape index (κ3) is 4.46. The zero-order valence-corrected chi connectivity index (χ0v) is 19.2. The van der Waals surface area contributed by atoms with Crippen LogP contribution in [0.3, 0.4) is 0 Å². The minimum absolute atomic E-state index is 0.275. The number of para-hydroxylation sites is 1. The van der Waals surface area contributed by atoms with E-state index in [1.807, 2.05) is 77.8 Å². The molecule has 170 valence electrons. The van der Waals surface area contributed by atoms with Crippen LogP contribution in [-0.2, 0) is 18.3 Å². The Bertz CT molecular complexity index is 1450. The van der Waals surface area contributed by atoms with Gasteiger partial charge in [-0.15, -0.1) is 21.5 Å². The van der Waals surface area contributed by atoms with Crippen LogP contribution < -0.4 is 10.6 Å². The molecule has 9 heteroatoms. The van der Waals surface area contributed by atoms with E-state index in [9.17, 15) is 9.59 Å². The number of carbonyl (C=O) groups excluding carboxylic acids is 2. The van der Waals surface area contributed by atoms with Crippen molar-refractivity contribution in [2.24, 2.45) is 7.05 Å². The minimum Gasteiger partial charge on any atom is -0.361 e. The second kappa shape index (κ2) is 9.32. The van der Waals surface area contributed by atoms with E-state index in [0.29, 0.717) is 22.8 Å². The summed E-state index contributed by atoms with van der Waals surface area (Å²) < 4.78 is 1.81. The van der Waals surface area contributed by atoms with E-state index in [1.54, 1.807) is 12.4 Å². The number of aromatic nitrogens is 4. The highest BCUT2D eigenvalue weighted by molar-refractivity contribution is 7.12. The fourth-order valence-electron chi connectivity index (χ4n) is 3.88. The van der Waals surface area contributed by atoms with Gasteiger partial charge >= 0.3 is 0 Å². The molecule has 0 aliphatic heterocycles. The summed E-state index contributed by atoms with van der Waals surface area (Å²) in [6.45, 7) is 0. The van der Waals surface area contributed by atoms with Gasteiger partial charge in [-0.3, -0.25) is 9.59 Å². The molecular formula is C25H22N6O2S. The number of H-pyrrole nitrogens is 1. The molecule has 0 unspecified atom stereocenters. The topological polar surface area (TPSA) is 105 Å². The molecule has 3 N–H and O–H groups in total. The summed E-state index contributed by atoms with van der Waals surface area (Å²) in [6.07, 6.45) is 3.85. The molecule has 3 heterocycles. The van der Waals surface area contributed by atoms with Crippen LogP contribution in [0.2, 0.25) is 0 Å². The van der Waals surface area contributed by atoms with Gasteiger partial charge in [0, 0.05) is 41.8 Å². The number of anilines is 1. The Morgan fingerprint density at radius 1 is 1.12 bits per heavy atom. The molecule has 0 radical (unpaired) electrons. The van der Waals surface area contributed by atoms with Crippen molar-refractivity contribution in [3.63, 3.8) is 0 Å². The van der Waals surface area contributed by atoms with Gasteiger partial charge < -0.3 is 20.2 Å². The van der Waals surface area contributed by atoms with Crippen molar-refractivity contribution in [3.8, 4) is 11.4 Å². The number of hydrogen-bond acceptors (Lipinski definition) is 5. The lowest BCUT2D eigenvalue weighted by molar-refractivity contribution is -0.118. The molecule has 0 aliphatic carbocycles. The summed E-state index contributed by atoms with van der Waals surface area (Å²) in [5.41, 5.74) is 3.38. The quantitative estimate of drug-likeness (QED) is 0.334. The summed E-state index contributed by atoms with van der Waals surface area (Å²) in [5.74, 6) is 0.116. The largest absolute Gasteiger partial charge is 0.361 e. The normalized spacial score (nSPS) is 11.9. The Kier molecular flexibility index (Phi) is 5.92. The van der Waals surface area contributed by atoms with Gasteiger partial charge in [-0.25, -0.2) is 0 Å². The maximum atomic E-state index is 13.4. The molecule has 3 aromatic heterocycles. The van der Waals surface area contributed by atoms with E-state index in [-0.39, 0.29) is 11.8 Å². The third-order valence-electron chi connectivity index (χ3n) is 5.57. The maximum absolute atomic E-state index is 13.4. The maximum Gasteiger partial charge on any atom is 0.262 e. The van der Waals surface area contributed by atoms with Crippen LogP contribution >= 0.6 is 11.3 Å². The number of amides is 2. The fraction of sp³-hybridized carbons (Fsp3) is 0.120. The molecule has 0 fully saturated rings. The second-order valence-corrected chi connectivity index (χ2v) is 8.85. The van der Waals surface area contributed by atoms with E-state index < -0.39 is 6.04 Å². The molecule has 34 heavy (non-hydrogen) atoms. The molecule has 5 rings (SSSR count). The van der Waals surface area contributed by atoms with E-state index in [2.05, 4.69) is 25.8 Å². The van der Waals surface area contributed by atoms with Gasteiger partial charge in [0.15, 0.2) is 5.82 Å². The molecule has 1 atom stereocenters. The first-order valence-electron chi connectivity index (χ1n) is 10.7. The SMILES string of the molecule is Cn1cnnc1-c1cccc(NC(=O)[C@@H](Cc2c[nH]c3ccccc23)NC(=O)c2cccs2)c1. The zero-order valence-electron chi connectivity index (χ0n) is 18.4. The van der Waals surface area contributed by atoms with E-state index in [0.717, 1.165) is 22.0 Å². The van der Waals surface area contributed by atoms with Crippen LogP contribution in [0.5, 0.6) is 0 Å². The van der Waals surface area contributed by atoms with Crippen molar-refractivity contribution in [1.82, 2.24) is 25.1 Å². The average Bonchev–Trinajstić information content (AvgIpc) is 3.60. The Balaban J connectivity index is 1.40. The smallest absolute Gasteiger partial charge is 0.262 e. The molecule has 0 saturated carbocycles. The van der Waals surface area contributed by atoms with Crippen LogP contribution in [0.15, 0.2) is 78.6 Å². The summed E-state index contributed by atoms with van der Waals surface area (Å²) in [7, 11) is 1.86. The van der Waals surface area contributed by atoms with Crippen LogP contribution in [0, 0.1) is 0 Å². The number of hydrogen-bond donors (Lipinski definition) is 3. The Hall–Kier alpha value is -4.24. The molecule has 8 nitrogen and oxygen atoms in total. The van der Waals surface area contributed by atoms with E-state index >= 15 is 0 Å². The van der Waals surface area contributed by atoms with Gasteiger partial charge in [-0.1, -0.05) is 36.4 Å². The van der Waals surface area contributed by atoms with Gasteiger partial charge in [0.1, 0.15) is 12.4 Å². The number of benzene rings is 2. The third-order valence-corrected chi connectivity index (χ3v) is 6.43. The first kappa shape index (κ1) is 21.6. The van der Waals surface area contributed by atoms with Gasteiger partial charge in [0.05, 0.1) is 4.88 Å². The lowest BCUT2D eigenvalue weighted by atomic mass is 10.0. The molecule has 0 saturated heterocycles. The molecule has 0 spiro atoms. The van der Waals surface area contributed by atoms with E-state index in [4.69, 9.17) is 0 Å². The molecule has 0 aliphatic rings. The van der Waals surface area contributed by atoms with Gasteiger partial charge in [-0.2, -0.15) is 0 Å². The number of aryl methyl sites for hydroxylation is 1. The first-order chi connectivity index (χ1) is 16.6. The Morgan fingerprint density at radius 2 is 2.00 bits per heavy atom. The Morgan fingerprint density at radius 3 is 2.79 bits per heavy atom. The number of fused-ring (bicyclic) bond motifs is 1. The molecular weight excluding hydrogens is 448 g/mol. The number of rotatable bonds is 7. The predicted octanol–water partition coefficient (Wildman–Crippen LogP) is 4.00. The lowest BCUT2D eigenvalue weighted by Gasteiger charge is -2.18. The summed E-state index contributed by atoms with van der Waals surface area (Å²) in [5, 5.41) is 16.8. The highest BCUT2D eigenvalue weighted by atomic mass is 32.1. The highest BCUT2D eigenvalue weighted by Crippen LogP contribution is 2.22. The minimum atomic E-state index is -0.771. The van der Waals surface area contributed by atoms with Crippen molar-refractivity contribution >= 4 is 39.7 Å². The lowest BCUT2D eigenvalue weighted by Crippen LogP contribution is -2.45. The molecule has 5 aromatic rings. The molecule has 0 bridgehead atoms. The van der Waals surface area contributed by atoms with Crippen molar-refractivity contribution < 1.29 is 9.59 Å². The Labute approximate surface area is 199 Å². The van der Waals surface area contributed by atoms with Crippen molar-refractivity contribution in [3.05, 3.63) is 89.0 Å². The average molecular weight is 471 g/mol. The van der Waals surface area contributed by atoms with Crippen molar-refractivity contribution in [1.29, 1.82) is 0 Å². The standard InChI is InChI=1S/C25H22N6O2S/c1-31-15-27-30-23(31)16-6-4-7-18(12-16)28-24(32)21(29-25(33)22-10-5-11-34-22)13-17-14-26-20-9-3-2-8-19(17)20/h2-12,14-15,21,26H,13H2,1H3,(H,28,32)(H,29,33)/t21-/m1/s1. The monoisotopic (exact) mass is 470 g/mol. The van der Waals surface area contributed by atoms with Crippen LogP contribution in [0.4, 0.5) is 5.69 Å². The van der Waals surface area contributed by atoms with E-state index in [1.165, 1.54) is 11.3 Å². The summed E-state index contributed by atoms with van der Waals surface area (Å²) in [6, 6.07) is 18.1. The fourth-order valence-corrected chi connectivity index (χ4v) is 4.50. The summed E-state index contributed by atoms with van der Waals surface area (Å²) in [4.78, 5) is 30.0. The van der Waals surface area contributed by atoms with Crippen LogP contribution in [0.25, 0.3) is 22.3 Å². The van der Waals surface area contributed by atoms with Gasteiger partial charge in [0.25, 0.3) is 5.91 Å². The van der Waals surface area contributed by atoms with Crippen molar-refractivity contribution in [2.45, 2.75) is 12.5 Å². The number of nitrogens with one attached hydrogen (secondary N) is 3. The van der Waals surface area contributed by atoms with Crippen LogP contribution in [0.1, 0.15) is 15.2 Å². The van der Waals surface area contributed by atoms with Gasteiger partial charge in [0.2, 0.25) is 5.91 Å². The zero-order chi connectivity index (χ0) is 23.5. The number of nitrogens with zero attached hydrogens (tertiary/aromatic N) is 3. The summed E-state index contributed by atoms with van der Waals surface area (Å²) >= 11 is 1.34. The second-order valence-electron chi connectivity index (χ2n) is 7.90.